The third-order valence-corrected chi connectivity index (χ3v) is 3.70. The summed E-state index contributed by atoms with van der Waals surface area (Å²) in [5, 5.41) is 21.7. The van der Waals surface area contributed by atoms with Crippen LogP contribution in [-0.4, -0.2) is 34.9 Å². The van der Waals surface area contributed by atoms with Crippen molar-refractivity contribution >= 4 is 5.97 Å². The van der Waals surface area contributed by atoms with Gasteiger partial charge in [-0.3, -0.25) is 4.79 Å². The van der Waals surface area contributed by atoms with Gasteiger partial charge >= 0.3 is 5.97 Å². The molecule has 3 N–H and O–H groups in total. The van der Waals surface area contributed by atoms with E-state index in [1.54, 1.807) is 0 Å². The van der Waals surface area contributed by atoms with Crippen LogP contribution in [0, 0.1) is 5.92 Å². The molecule has 0 aliphatic heterocycles. The van der Waals surface area contributed by atoms with Crippen molar-refractivity contribution in [2.45, 2.75) is 64.0 Å². The zero-order valence-corrected chi connectivity index (χ0v) is 10.7. The lowest BCUT2D eigenvalue weighted by Crippen LogP contribution is -2.48. The lowest BCUT2D eigenvalue weighted by Gasteiger charge is -2.33. The van der Waals surface area contributed by atoms with E-state index in [1.807, 2.05) is 0 Å². The number of rotatable bonds is 7. The van der Waals surface area contributed by atoms with Gasteiger partial charge in [0.2, 0.25) is 0 Å². The van der Waals surface area contributed by atoms with Crippen LogP contribution >= 0.6 is 0 Å². The van der Waals surface area contributed by atoms with Crippen LogP contribution in [0.4, 0.5) is 0 Å². The van der Waals surface area contributed by atoms with Crippen LogP contribution in [0.15, 0.2) is 0 Å². The van der Waals surface area contributed by atoms with E-state index in [1.165, 1.54) is 0 Å². The standard InChI is InChI=1S/C13H25NO3/c1-2-3-7-12(13(16)17)14-11-8-5-4-6-10(11)9-15/h10-12,14-15H,2-9H2,1H3,(H,16,17). The van der Waals surface area contributed by atoms with E-state index in [-0.39, 0.29) is 18.6 Å². The molecule has 0 heterocycles. The van der Waals surface area contributed by atoms with Crippen LogP contribution in [0.25, 0.3) is 0 Å². The van der Waals surface area contributed by atoms with Gasteiger partial charge in [0.15, 0.2) is 0 Å². The molecule has 1 saturated carbocycles. The average molecular weight is 243 g/mol. The maximum Gasteiger partial charge on any atom is 0.320 e. The molecule has 0 radical (unpaired) electrons. The number of carbonyl (C=O) groups is 1. The van der Waals surface area contributed by atoms with Crippen LogP contribution in [0.1, 0.15) is 51.9 Å². The van der Waals surface area contributed by atoms with Crippen molar-refractivity contribution in [3.8, 4) is 0 Å². The molecule has 0 aromatic carbocycles. The first kappa shape index (κ1) is 14.5. The Hall–Kier alpha value is -0.610. The van der Waals surface area contributed by atoms with Crippen molar-refractivity contribution in [2.75, 3.05) is 6.61 Å². The highest BCUT2D eigenvalue weighted by atomic mass is 16.4. The predicted molar refractivity (Wildman–Crippen MR) is 66.9 cm³/mol. The molecule has 0 bridgehead atoms. The molecule has 0 saturated heterocycles. The molecule has 1 aliphatic carbocycles. The minimum absolute atomic E-state index is 0.164. The van der Waals surface area contributed by atoms with Crippen molar-refractivity contribution in [3.63, 3.8) is 0 Å². The van der Waals surface area contributed by atoms with Gasteiger partial charge in [0, 0.05) is 12.6 Å². The Balaban J connectivity index is 2.48. The summed E-state index contributed by atoms with van der Waals surface area (Å²) >= 11 is 0. The molecule has 1 aliphatic rings. The Bertz CT molecular complexity index is 233. The van der Waals surface area contributed by atoms with Gasteiger partial charge in [0.05, 0.1) is 0 Å². The Morgan fingerprint density at radius 1 is 1.41 bits per heavy atom. The van der Waals surface area contributed by atoms with Crippen LogP contribution in [0.5, 0.6) is 0 Å². The van der Waals surface area contributed by atoms with Crippen molar-refractivity contribution < 1.29 is 15.0 Å². The van der Waals surface area contributed by atoms with Gasteiger partial charge in [0.1, 0.15) is 6.04 Å². The first-order chi connectivity index (χ1) is 8.19. The third kappa shape index (κ3) is 4.64. The number of unbranched alkanes of at least 4 members (excludes halogenated alkanes) is 1. The molecule has 0 aromatic heterocycles. The van der Waals surface area contributed by atoms with Crippen LogP contribution in [0.3, 0.4) is 0 Å². The second-order valence-corrected chi connectivity index (χ2v) is 5.03. The van der Waals surface area contributed by atoms with Crippen molar-refractivity contribution in [1.29, 1.82) is 0 Å². The number of aliphatic carboxylic acids is 1. The summed E-state index contributed by atoms with van der Waals surface area (Å²) in [4.78, 5) is 11.1. The van der Waals surface area contributed by atoms with E-state index in [0.717, 1.165) is 38.5 Å². The van der Waals surface area contributed by atoms with E-state index in [2.05, 4.69) is 12.2 Å². The molecular formula is C13H25NO3. The molecule has 1 rings (SSSR count). The average Bonchev–Trinajstić information content (AvgIpc) is 2.34. The van der Waals surface area contributed by atoms with Crippen molar-refractivity contribution in [1.82, 2.24) is 5.32 Å². The summed E-state index contributed by atoms with van der Waals surface area (Å²) in [7, 11) is 0. The van der Waals surface area contributed by atoms with Crippen LogP contribution < -0.4 is 5.32 Å². The lowest BCUT2D eigenvalue weighted by atomic mass is 9.84. The summed E-state index contributed by atoms with van der Waals surface area (Å²) in [6.45, 7) is 2.23. The molecule has 3 unspecified atom stereocenters. The highest BCUT2D eigenvalue weighted by Gasteiger charge is 2.28. The Morgan fingerprint density at radius 2 is 2.12 bits per heavy atom. The smallest absolute Gasteiger partial charge is 0.320 e. The molecule has 100 valence electrons. The van der Waals surface area contributed by atoms with Gasteiger partial charge in [-0.15, -0.1) is 0 Å². The number of carboxylic acid groups (broad SMARTS) is 1. The normalized spacial score (nSPS) is 26.7. The van der Waals surface area contributed by atoms with E-state index in [4.69, 9.17) is 5.11 Å². The first-order valence-electron chi connectivity index (χ1n) is 6.78. The number of aliphatic hydroxyl groups is 1. The Labute approximate surface area is 103 Å². The van der Waals surface area contributed by atoms with Gasteiger partial charge in [-0.2, -0.15) is 0 Å². The summed E-state index contributed by atoms with van der Waals surface area (Å²) < 4.78 is 0. The summed E-state index contributed by atoms with van der Waals surface area (Å²) in [6.07, 6.45) is 6.90. The second-order valence-electron chi connectivity index (χ2n) is 5.03. The second kappa shape index (κ2) is 7.67. The molecule has 0 amide bonds. The maximum absolute atomic E-state index is 11.1. The van der Waals surface area contributed by atoms with E-state index in [0.29, 0.717) is 6.42 Å². The fourth-order valence-corrected chi connectivity index (χ4v) is 2.59. The van der Waals surface area contributed by atoms with E-state index in [9.17, 15) is 9.90 Å². The summed E-state index contributed by atoms with van der Waals surface area (Å²) in [6, 6.07) is -0.279. The fraction of sp³-hybridized carbons (Fsp3) is 0.923. The minimum atomic E-state index is -0.763. The molecule has 1 fully saturated rings. The van der Waals surface area contributed by atoms with E-state index < -0.39 is 12.0 Å². The number of nitrogens with one attached hydrogen (secondary N) is 1. The van der Waals surface area contributed by atoms with Crippen LogP contribution in [-0.2, 0) is 4.79 Å². The summed E-state index contributed by atoms with van der Waals surface area (Å²) in [5.74, 6) is -0.534. The monoisotopic (exact) mass is 243 g/mol. The van der Waals surface area contributed by atoms with Crippen LogP contribution in [0.2, 0.25) is 0 Å². The highest BCUT2D eigenvalue weighted by molar-refractivity contribution is 5.73. The third-order valence-electron chi connectivity index (χ3n) is 3.70. The molecule has 4 nitrogen and oxygen atoms in total. The zero-order valence-electron chi connectivity index (χ0n) is 10.7. The van der Waals surface area contributed by atoms with E-state index >= 15 is 0 Å². The molecule has 17 heavy (non-hydrogen) atoms. The van der Waals surface area contributed by atoms with Gasteiger partial charge in [0.25, 0.3) is 0 Å². The topological polar surface area (TPSA) is 69.6 Å². The molecule has 0 aromatic rings. The summed E-state index contributed by atoms with van der Waals surface area (Å²) in [5.41, 5.74) is 0. The number of carboxylic acids is 1. The van der Waals surface area contributed by atoms with Gasteiger partial charge in [-0.05, 0) is 25.2 Å². The largest absolute Gasteiger partial charge is 0.480 e. The van der Waals surface area contributed by atoms with Crippen molar-refractivity contribution in [2.24, 2.45) is 5.92 Å². The molecule has 3 atom stereocenters. The quantitative estimate of drug-likeness (QED) is 0.637. The van der Waals surface area contributed by atoms with Gasteiger partial charge in [-0.25, -0.2) is 0 Å². The Morgan fingerprint density at radius 3 is 2.71 bits per heavy atom. The van der Waals surface area contributed by atoms with Crippen molar-refractivity contribution in [3.05, 3.63) is 0 Å². The maximum atomic E-state index is 11.1. The highest BCUT2D eigenvalue weighted by Crippen LogP contribution is 2.24. The fourth-order valence-electron chi connectivity index (χ4n) is 2.59. The zero-order chi connectivity index (χ0) is 12.7. The SMILES string of the molecule is CCCCC(NC1CCCCC1CO)C(=O)O. The number of hydrogen-bond donors (Lipinski definition) is 3. The lowest BCUT2D eigenvalue weighted by molar-refractivity contribution is -0.140. The molecular weight excluding hydrogens is 218 g/mol. The van der Waals surface area contributed by atoms with Gasteiger partial charge in [-0.1, -0.05) is 32.6 Å². The Kier molecular flexibility index (Phi) is 6.52. The number of aliphatic hydroxyl groups excluding tert-OH is 1. The minimum Gasteiger partial charge on any atom is -0.480 e. The van der Waals surface area contributed by atoms with Gasteiger partial charge < -0.3 is 15.5 Å². The predicted octanol–water partition coefficient (Wildman–Crippen LogP) is 1.77. The molecule has 0 spiro atoms. The first-order valence-corrected chi connectivity index (χ1v) is 6.78. The molecule has 4 heteroatoms. The number of hydrogen-bond acceptors (Lipinski definition) is 3.